The number of ether oxygens (including phenoxy) is 1. The van der Waals surface area contributed by atoms with Gasteiger partial charge in [-0.3, -0.25) is 9.59 Å². The largest absolute Gasteiger partial charge is 0.450 e. The van der Waals surface area contributed by atoms with Gasteiger partial charge in [0.25, 0.3) is 0 Å². The molecule has 1 saturated carbocycles. The van der Waals surface area contributed by atoms with Gasteiger partial charge in [0, 0.05) is 23.9 Å². The molecule has 0 spiro atoms. The summed E-state index contributed by atoms with van der Waals surface area (Å²) in [4.78, 5) is 40.5. The van der Waals surface area contributed by atoms with E-state index in [1.807, 2.05) is 13.8 Å². The molecule has 0 bridgehead atoms. The Labute approximate surface area is 197 Å². The Hall–Kier alpha value is -1.48. The average Bonchev–Trinajstić information content (AvgIpc) is 3.20. The lowest BCUT2D eigenvalue weighted by molar-refractivity contribution is -0.140. The number of rotatable bonds is 9. The van der Waals surface area contributed by atoms with Gasteiger partial charge in [0.15, 0.2) is 0 Å². The van der Waals surface area contributed by atoms with E-state index >= 15 is 0 Å². The normalized spacial score (nSPS) is 24.8. The van der Waals surface area contributed by atoms with E-state index in [0.717, 1.165) is 32.1 Å². The van der Waals surface area contributed by atoms with Gasteiger partial charge in [-0.15, -0.1) is 0 Å². The zero-order valence-corrected chi connectivity index (χ0v) is 21.1. The first-order chi connectivity index (χ1) is 15.0. The van der Waals surface area contributed by atoms with Crippen LogP contribution in [0.15, 0.2) is 0 Å². The molecule has 2 atom stereocenters. The van der Waals surface area contributed by atoms with Crippen molar-refractivity contribution in [3.63, 3.8) is 0 Å². The molecular formula is C23H42N4O4S. The Morgan fingerprint density at radius 2 is 1.81 bits per heavy atom. The van der Waals surface area contributed by atoms with E-state index < -0.39 is 22.9 Å². The molecule has 9 heteroatoms. The standard InChI is InChI=1S/C23H42N4O4S/c1-6-31-22(30)26-19(23(4,5)32-15(2)3)21(29)27-13-7-8-18(27)20(28)25-14-16-9-11-17(24)12-10-16/h15-19H,6-14,24H2,1-5H3,(H,25,28)(H,26,30). The highest BCUT2D eigenvalue weighted by atomic mass is 32.2. The molecule has 184 valence electrons. The average molecular weight is 471 g/mol. The van der Waals surface area contributed by atoms with Crippen LogP contribution in [0.2, 0.25) is 0 Å². The van der Waals surface area contributed by atoms with Gasteiger partial charge in [-0.05, 0) is 70.5 Å². The lowest BCUT2D eigenvalue weighted by Crippen LogP contribution is -2.60. The van der Waals surface area contributed by atoms with Crippen molar-refractivity contribution in [2.24, 2.45) is 11.7 Å². The van der Waals surface area contributed by atoms with Crippen molar-refractivity contribution in [1.29, 1.82) is 0 Å². The summed E-state index contributed by atoms with van der Waals surface area (Å²) in [5, 5.41) is 6.11. The number of likely N-dealkylation sites (tertiary alicyclic amines) is 1. The van der Waals surface area contributed by atoms with Crippen LogP contribution < -0.4 is 16.4 Å². The maximum absolute atomic E-state index is 13.6. The van der Waals surface area contributed by atoms with E-state index in [2.05, 4.69) is 24.5 Å². The van der Waals surface area contributed by atoms with Crippen molar-refractivity contribution in [3.8, 4) is 0 Å². The summed E-state index contributed by atoms with van der Waals surface area (Å²) in [6.45, 7) is 11.1. The second-order valence-corrected chi connectivity index (χ2v) is 12.0. The number of carbonyl (C=O) groups is 3. The van der Waals surface area contributed by atoms with Crippen molar-refractivity contribution in [1.82, 2.24) is 15.5 Å². The Kier molecular flexibility index (Phi) is 10.1. The van der Waals surface area contributed by atoms with Gasteiger partial charge in [0.1, 0.15) is 12.1 Å². The second kappa shape index (κ2) is 12.1. The number of nitrogens with zero attached hydrogens (tertiary/aromatic N) is 1. The number of thioether (sulfide) groups is 1. The highest BCUT2D eigenvalue weighted by Gasteiger charge is 2.44. The van der Waals surface area contributed by atoms with E-state index in [1.54, 1.807) is 23.6 Å². The molecule has 1 saturated heterocycles. The molecule has 1 heterocycles. The third-order valence-electron chi connectivity index (χ3n) is 6.31. The fourth-order valence-electron chi connectivity index (χ4n) is 4.72. The van der Waals surface area contributed by atoms with E-state index in [1.165, 1.54) is 0 Å². The van der Waals surface area contributed by atoms with Crippen molar-refractivity contribution in [3.05, 3.63) is 0 Å². The van der Waals surface area contributed by atoms with Gasteiger partial charge < -0.3 is 26.0 Å². The smallest absolute Gasteiger partial charge is 0.407 e. The number of amides is 3. The Balaban J connectivity index is 2.07. The highest BCUT2D eigenvalue weighted by molar-refractivity contribution is 8.01. The monoisotopic (exact) mass is 470 g/mol. The summed E-state index contributed by atoms with van der Waals surface area (Å²) in [5.41, 5.74) is 5.98. The third-order valence-corrected chi connectivity index (χ3v) is 7.63. The van der Waals surface area contributed by atoms with E-state index in [9.17, 15) is 14.4 Å². The van der Waals surface area contributed by atoms with Crippen LogP contribution in [0.3, 0.4) is 0 Å². The van der Waals surface area contributed by atoms with Crippen LogP contribution in [-0.4, -0.2) is 70.6 Å². The molecule has 0 aromatic rings. The van der Waals surface area contributed by atoms with Crippen molar-refractivity contribution >= 4 is 29.7 Å². The minimum absolute atomic E-state index is 0.102. The summed E-state index contributed by atoms with van der Waals surface area (Å²) >= 11 is 1.62. The Morgan fingerprint density at radius 3 is 2.41 bits per heavy atom. The van der Waals surface area contributed by atoms with Gasteiger partial charge in [-0.2, -0.15) is 11.8 Å². The predicted molar refractivity (Wildman–Crippen MR) is 128 cm³/mol. The minimum Gasteiger partial charge on any atom is -0.450 e. The third kappa shape index (κ3) is 7.54. The number of carbonyl (C=O) groups excluding carboxylic acids is 3. The molecular weight excluding hydrogens is 428 g/mol. The van der Waals surface area contributed by atoms with Gasteiger partial charge in [-0.25, -0.2) is 4.79 Å². The summed E-state index contributed by atoms with van der Waals surface area (Å²) in [5.74, 6) is 0.122. The molecule has 2 rings (SSSR count). The van der Waals surface area contributed by atoms with Crippen molar-refractivity contribution < 1.29 is 19.1 Å². The molecule has 2 unspecified atom stereocenters. The summed E-state index contributed by atoms with van der Waals surface area (Å²) in [6, 6.07) is -1.01. The second-order valence-electron chi connectivity index (χ2n) is 9.78. The number of nitrogens with two attached hydrogens (primary N) is 1. The van der Waals surface area contributed by atoms with Crippen LogP contribution in [0, 0.1) is 5.92 Å². The minimum atomic E-state index is -0.790. The number of alkyl carbamates (subject to hydrolysis) is 1. The van der Waals surface area contributed by atoms with E-state index in [-0.39, 0.29) is 29.7 Å². The molecule has 32 heavy (non-hydrogen) atoms. The van der Waals surface area contributed by atoms with Crippen LogP contribution in [0.5, 0.6) is 0 Å². The number of nitrogens with one attached hydrogen (secondary N) is 2. The SMILES string of the molecule is CCOC(=O)NC(C(=O)N1CCCC1C(=O)NCC1CCC(N)CC1)C(C)(C)SC(C)C. The van der Waals surface area contributed by atoms with Crippen LogP contribution >= 0.6 is 11.8 Å². The molecule has 2 fully saturated rings. The lowest BCUT2D eigenvalue weighted by atomic mass is 9.86. The number of hydrogen-bond acceptors (Lipinski definition) is 6. The van der Waals surface area contributed by atoms with Crippen molar-refractivity contribution in [2.75, 3.05) is 19.7 Å². The van der Waals surface area contributed by atoms with Crippen molar-refractivity contribution in [2.45, 2.75) is 101 Å². The first-order valence-corrected chi connectivity index (χ1v) is 12.9. The summed E-state index contributed by atoms with van der Waals surface area (Å²) < 4.78 is 4.49. The topological polar surface area (TPSA) is 114 Å². The Morgan fingerprint density at radius 1 is 1.16 bits per heavy atom. The van der Waals surface area contributed by atoms with Gasteiger partial charge >= 0.3 is 6.09 Å². The molecule has 8 nitrogen and oxygen atoms in total. The lowest BCUT2D eigenvalue weighted by Gasteiger charge is -2.38. The van der Waals surface area contributed by atoms with Gasteiger partial charge in [0.05, 0.1) is 6.61 Å². The zero-order valence-electron chi connectivity index (χ0n) is 20.3. The quantitative estimate of drug-likeness (QED) is 0.477. The molecule has 0 radical (unpaired) electrons. The Bertz CT molecular complexity index is 650. The van der Waals surface area contributed by atoms with E-state index in [0.29, 0.717) is 25.4 Å². The molecule has 1 aliphatic heterocycles. The van der Waals surface area contributed by atoms with E-state index in [4.69, 9.17) is 10.5 Å². The summed E-state index contributed by atoms with van der Waals surface area (Å²) in [6.07, 6.45) is 4.85. The van der Waals surface area contributed by atoms with Crippen LogP contribution in [0.4, 0.5) is 4.79 Å². The highest BCUT2D eigenvalue weighted by Crippen LogP contribution is 2.34. The molecule has 4 N–H and O–H groups in total. The number of hydrogen-bond donors (Lipinski definition) is 3. The predicted octanol–water partition coefficient (Wildman–Crippen LogP) is 2.65. The van der Waals surface area contributed by atoms with Crippen LogP contribution in [0.1, 0.15) is 73.1 Å². The maximum Gasteiger partial charge on any atom is 0.407 e. The van der Waals surface area contributed by atoms with Gasteiger partial charge in [0.2, 0.25) is 11.8 Å². The fourth-order valence-corrected chi connectivity index (χ4v) is 6.23. The fraction of sp³-hybridized carbons (Fsp3) is 0.870. The first-order valence-electron chi connectivity index (χ1n) is 12.0. The molecule has 3 amide bonds. The summed E-state index contributed by atoms with van der Waals surface area (Å²) in [7, 11) is 0. The molecule has 1 aliphatic carbocycles. The zero-order chi connectivity index (χ0) is 23.9. The van der Waals surface area contributed by atoms with Crippen LogP contribution in [0.25, 0.3) is 0 Å². The van der Waals surface area contributed by atoms with Gasteiger partial charge in [-0.1, -0.05) is 13.8 Å². The molecule has 0 aromatic carbocycles. The molecule has 0 aromatic heterocycles. The first kappa shape index (κ1) is 26.8. The maximum atomic E-state index is 13.6. The molecule has 2 aliphatic rings. The van der Waals surface area contributed by atoms with Crippen LogP contribution in [-0.2, 0) is 14.3 Å².